The van der Waals surface area contributed by atoms with E-state index in [1.165, 1.54) is 0 Å². The van der Waals surface area contributed by atoms with Crippen molar-refractivity contribution in [2.45, 2.75) is 20.3 Å². The SMILES string of the molecule is CC(C)CC(=O)Nc1ccc2nc(-c3cccs3)[nH]c2c1. The topological polar surface area (TPSA) is 57.8 Å². The Kier molecular flexibility index (Phi) is 3.75. The summed E-state index contributed by atoms with van der Waals surface area (Å²) in [6, 6.07) is 9.78. The first-order valence-electron chi connectivity index (χ1n) is 6.95. The van der Waals surface area contributed by atoms with Gasteiger partial charge in [0.1, 0.15) is 5.82 Å². The van der Waals surface area contributed by atoms with Gasteiger partial charge >= 0.3 is 0 Å². The summed E-state index contributed by atoms with van der Waals surface area (Å²) in [5.41, 5.74) is 2.63. The number of rotatable bonds is 4. The Morgan fingerprint density at radius 2 is 2.24 bits per heavy atom. The molecule has 1 amide bonds. The van der Waals surface area contributed by atoms with Crippen LogP contribution in [-0.2, 0) is 4.79 Å². The summed E-state index contributed by atoms with van der Waals surface area (Å²) in [5.74, 6) is 1.26. The summed E-state index contributed by atoms with van der Waals surface area (Å²) >= 11 is 1.65. The number of aromatic nitrogens is 2. The van der Waals surface area contributed by atoms with Crippen LogP contribution in [-0.4, -0.2) is 15.9 Å². The minimum absolute atomic E-state index is 0.0438. The van der Waals surface area contributed by atoms with Gasteiger partial charge < -0.3 is 10.3 Å². The second-order valence-electron chi connectivity index (χ2n) is 5.44. The van der Waals surface area contributed by atoms with Gasteiger partial charge in [-0.1, -0.05) is 19.9 Å². The Labute approximate surface area is 127 Å². The van der Waals surface area contributed by atoms with Crippen LogP contribution in [0.1, 0.15) is 20.3 Å². The molecule has 0 bridgehead atoms. The van der Waals surface area contributed by atoms with E-state index < -0.39 is 0 Å². The van der Waals surface area contributed by atoms with Gasteiger partial charge in [0.2, 0.25) is 5.91 Å². The van der Waals surface area contributed by atoms with Crippen LogP contribution in [0.25, 0.3) is 21.7 Å². The third-order valence-corrected chi connectivity index (χ3v) is 3.99. The lowest BCUT2D eigenvalue weighted by molar-refractivity contribution is -0.116. The molecule has 21 heavy (non-hydrogen) atoms. The van der Waals surface area contributed by atoms with Crippen LogP contribution >= 0.6 is 11.3 Å². The molecule has 108 valence electrons. The molecule has 0 fully saturated rings. The number of fused-ring (bicyclic) bond motifs is 1. The van der Waals surface area contributed by atoms with Crippen molar-refractivity contribution in [3.05, 3.63) is 35.7 Å². The van der Waals surface area contributed by atoms with Crippen LogP contribution < -0.4 is 5.32 Å². The molecule has 0 atom stereocenters. The zero-order valence-electron chi connectivity index (χ0n) is 12.0. The average Bonchev–Trinajstić information content (AvgIpc) is 3.05. The number of hydrogen-bond donors (Lipinski definition) is 2. The van der Waals surface area contributed by atoms with E-state index in [1.807, 2.05) is 49.6 Å². The number of aromatic amines is 1. The number of carbonyl (C=O) groups excluding carboxylic acids is 1. The second-order valence-corrected chi connectivity index (χ2v) is 6.39. The van der Waals surface area contributed by atoms with Gasteiger partial charge in [-0.25, -0.2) is 4.98 Å². The Hall–Kier alpha value is -2.14. The van der Waals surface area contributed by atoms with Gasteiger partial charge in [0.05, 0.1) is 15.9 Å². The molecule has 0 radical (unpaired) electrons. The summed E-state index contributed by atoms with van der Waals surface area (Å²) in [6.07, 6.45) is 0.529. The third-order valence-electron chi connectivity index (χ3n) is 3.11. The van der Waals surface area contributed by atoms with Crippen molar-refractivity contribution >= 4 is 34.0 Å². The van der Waals surface area contributed by atoms with Crippen LogP contribution in [0, 0.1) is 5.92 Å². The summed E-state index contributed by atoms with van der Waals surface area (Å²) < 4.78 is 0. The predicted octanol–water partition coefficient (Wildman–Crippen LogP) is 4.28. The fourth-order valence-electron chi connectivity index (χ4n) is 2.20. The molecule has 3 aromatic rings. The smallest absolute Gasteiger partial charge is 0.224 e. The number of amides is 1. The van der Waals surface area contributed by atoms with Crippen molar-refractivity contribution in [1.29, 1.82) is 0 Å². The molecule has 0 saturated heterocycles. The maximum Gasteiger partial charge on any atom is 0.224 e. The number of carbonyl (C=O) groups is 1. The standard InChI is InChI=1S/C16H17N3OS/c1-10(2)8-15(20)17-11-5-6-12-13(9-11)19-16(18-12)14-4-3-7-21-14/h3-7,9-10H,8H2,1-2H3,(H,17,20)(H,18,19). The zero-order chi connectivity index (χ0) is 14.8. The molecule has 0 aliphatic heterocycles. The molecule has 0 unspecified atom stereocenters. The van der Waals surface area contributed by atoms with Crippen molar-refractivity contribution in [3.63, 3.8) is 0 Å². The lowest BCUT2D eigenvalue weighted by Crippen LogP contribution is -2.13. The van der Waals surface area contributed by atoms with E-state index in [4.69, 9.17) is 0 Å². The van der Waals surface area contributed by atoms with Gasteiger partial charge in [-0.05, 0) is 35.6 Å². The Balaban J connectivity index is 1.85. The van der Waals surface area contributed by atoms with Crippen molar-refractivity contribution in [2.75, 3.05) is 5.32 Å². The highest BCUT2D eigenvalue weighted by atomic mass is 32.1. The average molecular weight is 299 g/mol. The fraction of sp³-hybridized carbons (Fsp3) is 0.250. The molecule has 3 rings (SSSR count). The molecular weight excluding hydrogens is 282 g/mol. The Bertz CT molecular complexity index is 759. The number of nitrogens with one attached hydrogen (secondary N) is 2. The van der Waals surface area contributed by atoms with Gasteiger partial charge in [-0.2, -0.15) is 0 Å². The minimum atomic E-state index is 0.0438. The summed E-state index contributed by atoms with van der Waals surface area (Å²) in [6.45, 7) is 4.07. The predicted molar refractivity (Wildman–Crippen MR) is 87.5 cm³/mol. The van der Waals surface area contributed by atoms with Gasteiger partial charge in [0.25, 0.3) is 0 Å². The summed E-state index contributed by atoms with van der Waals surface area (Å²) in [4.78, 5) is 20.8. The first kappa shape index (κ1) is 13.8. The van der Waals surface area contributed by atoms with E-state index in [-0.39, 0.29) is 5.91 Å². The maximum absolute atomic E-state index is 11.8. The van der Waals surface area contributed by atoms with Crippen molar-refractivity contribution in [3.8, 4) is 10.7 Å². The number of nitrogens with zero attached hydrogens (tertiary/aromatic N) is 1. The van der Waals surface area contributed by atoms with E-state index in [0.29, 0.717) is 12.3 Å². The highest BCUT2D eigenvalue weighted by molar-refractivity contribution is 7.13. The number of hydrogen-bond acceptors (Lipinski definition) is 3. The molecule has 0 saturated carbocycles. The van der Waals surface area contributed by atoms with Crippen LogP contribution in [0.4, 0.5) is 5.69 Å². The lowest BCUT2D eigenvalue weighted by atomic mass is 10.1. The van der Waals surface area contributed by atoms with Crippen LogP contribution in [0.5, 0.6) is 0 Å². The molecule has 0 aliphatic carbocycles. The normalized spacial score (nSPS) is 11.2. The molecule has 1 aromatic carbocycles. The number of imidazole rings is 1. The number of thiophene rings is 1. The van der Waals surface area contributed by atoms with E-state index in [1.54, 1.807) is 11.3 Å². The second kappa shape index (κ2) is 5.69. The van der Waals surface area contributed by atoms with Gasteiger partial charge in [0.15, 0.2) is 0 Å². The first-order valence-corrected chi connectivity index (χ1v) is 7.83. The van der Waals surface area contributed by atoms with Crippen LogP contribution in [0.3, 0.4) is 0 Å². The van der Waals surface area contributed by atoms with Crippen LogP contribution in [0.15, 0.2) is 35.7 Å². The van der Waals surface area contributed by atoms with Crippen LogP contribution in [0.2, 0.25) is 0 Å². The zero-order valence-corrected chi connectivity index (χ0v) is 12.8. The highest BCUT2D eigenvalue weighted by Crippen LogP contribution is 2.26. The van der Waals surface area contributed by atoms with E-state index in [0.717, 1.165) is 27.4 Å². The monoisotopic (exact) mass is 299 g/mol. The molecule has 2 aromatic heterocycles. The lowest BCUT2D eigenvalue weighted by Gasteiger charge is -2.06. The van der Waals surface area contributed by atoms with E-state index >= 15 is 0 Å². The Morgan fingerprint density at radius 3 is 2.95 bits per heavy atom. The Morgan fingerprint density at radius 1 is 1.38 bits per heavy atom. The molecule has 0 aliphatic rings. The summed E-state index contributed by atoms with van der Waals surface area (Å²) in [5, 5.41) is 4.95. The van der Waals surface area contributed by atoms with Crippen molar-refractivity contribution in [1.82, 2.24) is 9.97 Å². The van der Waals surface area contributed by atoms with Crippen molar-refractivity contribution in [2.24, 2.45) is 5.92 Å². The molecule has 0 spiro atoms. The highest BCUT2D eigenvalue weighted by Gasteiger charge is 2.09. The van der Waals surface area contributed by atoms with Gasteiger partial charge in [-0.15, -0.1) is 11.3 Å². The quantitative estimate of drug-likeness (QED) is 0.755. The number of anilines is 1. The van der Waals surface area contributed by atoms with Gasteiger partial charge in [0, 0.05) is 12.1 Å². The molecular formula is C16H17N3OS. The number of benzene rings is 1. The summed E-state index contributed by atoms with van der Waals surface area (Å²) in [7, 11) is 0. The van der Waals surface area contributed by atoms with E-state index in [9.17, 15) is 4.79 Å². The first-order chi connectivity index (χ1) is 10.1. The van der Waals surface area contributed by atoms with Crippen molar-refractivity contribution < 1.29 is 4.79 Å². The fourth-order valence-corrected chi connectivity index (χ4v) is 2.87. The molecule has 5 heteroatoms. The number of H-pyrrole nitrogens is 1. The van der Waals surface area contributed by atoms with E-state index in [2.05, 4.69) is 15.3 Å². The molecule has 2 heterocycles. The van der Waals surface area contributed by atoms with Gasteiger partial charge in [-0.3, -0.25) is 4.79 Å². The minimum Gasteiger partial charge on any atom is -0.337 e. The third kappa shape index (κ3) is 3.13. The largest absolute Gasteiger partial charge is 0.337 e. The maximum atomic E-state index is 11.8. The molecule has 4 nitrogen and oxygen atoms in total. The molecule has 2 N–H and O–H groups in total.